The van der Waals surface area contributed by atoms with Crippen molar-refractivity contribution in [1.82, 2.24) is 20.1 Å². The molecule has 0 spiro atoms. The predicted octanol–water partition coefficient (Wildman–Crippen LogP) is 0.546. The molecular weight excluding hydrogens is 238 g/mol. The topological polar surface area (TPSA) is 85.8 Å². The summed E-state index contributed by atoms with van der Waals surface area (Å²) in [5, 5.41) is 11.5. The lowest BCUT2D eigenvalue weighted by Crippen LogP contribution is -2.18. The maximum Gasteiger partial charge on any atom is 0.220 e. The fourth-order valence-electron chi connectivity index (χ4n) is 1.42. The first-order valence-electron chi connectivity index (χ1n) is 5.57. The van der Waals surface area contributed by atoms with Gasteiger partial charge < -0.3 is 15.6 Å². The van der Waals surface area contributed by atoms with Crippen LogP contribution in [0.3, 0.4) is 0 Å². The molecule has 0 unspecified atom stereocenters. The highest BCUT2D eigenvalue weighted by Gasteiger charge is 2.14. The Morgan fingerprint density at radius 2 is 2.24 bits per heavy atom. The molecule has 0 bridgehead atoms. The van der Waals surface area contributed by atoms with Crippen molar-refractivity contribution >= 4 is 17.7 Å². The first kappa shape index (κ1) is 14.0. The van der Waals surface area contributed by atoms with Crippen LogP contribution in [-0.4, -0.2) is 33.5 Å². The molecule has 1 aromatic rings. The summed E-state index contributed by atoms with van der Waals surface area (Å²) in [6.07, 6.45) is 0.476. The van der Waals surface area contributed by atoms with Crippen molar-refractivity contribution in [3.8, 4) is 0 Å². The third-order valence-electron chi connectivity index (χ3n) is 2.27. The number of nitrogens with one attached hydrogen (secondary N) is 1. The number of carbonyl (C=O) groups is 1. The maximum atomic E-state index is 11.1. The molecule has 1 amide bonds. The van der Waals surface area contributed by atoms with E-state index in [4.69, 9.17) is 5.73 Å². The van der Waals surface area contributed by atoms with Crippen molar-refractivity contribution in [3.63, 3.8) is 0 Å². The third kappa shape index (κ3) is 3.71. The van der Waals surface area contributed by atoms with E-state index in [2.05, 4.69) is 29.4 Å². The van der Waals surface area contributed by atoms with Crippen molar-refractivity contribution in [2.24, 2.45) is 5.73 Å². The van der Waals surface area contributed by atoms with Gasteiger partial charge in [-0.3, -0.25) is 4.79 Å². The Balaban J connectivity index is 2.64. The highest BCUT2D eigenvalue weighted by molar-refractivity contribution is 7.99. The second-order valence-electron chi connectivity index (χ2n) is 3.84. The summed E-state index contributed by atoms with van der Waals surface area (Å²) in [5.41, 5.74) is 5.60. The monoisotopic (exact) mass is 257 g/mol. The standard InChI is InChI=1S/C10H19N5OS/c1-7(2)15-8(6-11)13-14-10(15)17-5-4-9(16)12-3/h7H,4-6,11H2,1-3H3,(H,12,16). The van der Waals surface area contributed by atoms with Gasteiger partial charge >= 0.3 is 0 Å². The maximum absolute atomic E-state index is 11.1. The van der Waals surface area contributed by atoms with Gasteiger partial charge in [-0.2, -0.15) is 0 Å². The molecule has 0 radical (unpaired) electrons. The molecule has 0 saturated heterocycles. The Hall–Kier alpha value is -1.08. The molecule has 0 aliphatic rings. The van der Waals surface area contributed by atoms with E-state index < -0.39 is 0 Å². The largest absolute Gasteiger partial charge is 0.359 e. The van der Waals surface area contributed by atoms with E-state index in [1.807, 2.05) is 4.57 Å². The smallest absolute Gasteiger partial charge is 0.220 e. The van der Waals surface area contributed by atoms with Crippen LogP contribution in [0, 0.1) is 0 Å². The van der Waals surface area contributed by atoms with Crippen LogP contribution in [0.4, 0.5) is 0 Å². The average Bonchev–Trinajstić information content (AvgIpc) is 2.71. The third-order valence-corrected chi connectivity index (χ3v) is 3.22. The van der Waals surface area contributed by atoms with Gasteiger partial charge in [0.2, 0.25) is 5.91 Å². The van der Waals surface area contributed by atoms with Crippen LogP contribution in [-0.2, 0) is 11.3 Å². The Kier molecular flexibility index (Phi) is 5.43. The highest BCUT2D eigenvalue weighted by atomic mass is 32.2. The number of amides is 1. The number of nitrogens with zero attached hydrogens (tertiary/aromatic N) is 3. The van der Waals surface area contributed by atoms with Crippen LogP contribution in [0.5, 0.6) is 0 Å². The molecule has 1 aromatic heterocycles. The van der Waals surface area contributed by atoms with Crippen molar-refractivity contribution in [3.05, 3.63) is 5.82 Å². The van der Waals surface area contributed by atoms with Gasteiger partial charge in [0.15, 0.2) is 5.16 Å². The Bertz CT molecular complexity index is 377. The zero-order chi connectivity index (χ0) is 12.8. The minimum absolute atomic E-state index is 0.0344. The van der Waals surface area contributed by atoms with Crippen molar-refractivity contribution in [2.45, 2.75) is 38.0 Å². The lowest BCUT2D eigenvalue weighted by molar-refractivity contribution is -0.120. The molecule has 0 aliphatic carbocycles. The number of rotatable bonds is 6. The van der Waals surface area contributed by atoms with E-state index in [0.717, 1.165) is 11.0 Å². The van der Waals surface area contributed by atoms with Gasteiger partial charge in [-0.05, 0) is 13.8 Å². The predicted molar refractivity (Wildman–Crippen MR) is 67.7 cm³/mol. The molecule has 0 fully saturated rings. The normalized spacial score (nSPS) is 10.9. The molecule has 0 aliphatic heterocycles. The van der Waals surface area contributed by atoms with Crippen LogP contribution in [0.1, 0.15) is 32.1 Å². The number of carbonyl (C=O) groups excluding carboxylic acids is 1. The zero-order valence-electron chi connectivity index (χ0n) is 10.4. The summed E-state index contributed by atoms with van der Waals surface area (Å²) >= 11 is 1.53. The van der Waals surface area contributed by atoms with Crippen LogP contribution in [0.15, 0.2) is 5.16 Å². The van der Waals surface area contributed by atoms with E-state index in [-0.39, 0.29) is 11.9 Å². The molecule has 17 heavy (non-hydrogen) atoms. The molecule has 0 saturated carbocycles. The molecule has 0 aromatic carbocycles. The Labute approximate surface area is 105 Å². The lowest BCUT2D eigenvalue weighted by Gasteiger charge is -2.12. The lowest BCUT2D eigenvalue weighted by atomic mass is 10.4. The van der Waals surface area contributed by atoms with E-state index in [1.165, 1.54) is 11.8 Å². The number of hydrogen-bond donors (Lipinski definition) is 2. The van der Waals surface area contributed by atoms with Crippen molar-refractivity contribution in [2.75, 3.05) is 12.8 Å². The molecule has 1 rings (SSSR count). The van der Waals surface area contributed by atoms with E-state index in [9.17, 15) is 4.79 Å². The fourth-order valence-corrected chi connectivity index (χ4v) is 2.45. The molecule has 0 atom stereocenters. The summed E-state index contributed by atoms with van der Waals surface area (Å²) in [5.74, 6) is 1.50. The number of aromatic nitrogens is 3. The molecule has 3 N–H and O–H groups in total. The molecule has 96 valence electrons. The van der Waals surface area contributed by atoms with Gasteiger partial charge in [-0.1, -0.05) is 11.8 Å². The van der Waals surface area contributed by atoms with Crippen LogP contribution >= 0.6 is 11.8 Å². The second kappa shape index (κ2) is 6.61. The fraction of sp³-hybridized carbons (Fsp3) is 0.700. The summed E-state index contributed by atoms with van der Waals surface area (Å²) in [6.45, 7) is 4.50. The number of hydrogen-bond acceptors (Lipinski definition) is 5. The van der Waals surface area contributed by atoms with Crippen LogP contribution in [0.2, 0.25) is 0 Å². The van der Waals surface area contributed by atoms with Gasteiger partial charge in [-0.25, -0.2) is 0 Å². The van der Waals surface area contributed by atoms with Gasteiger partial charge in [0.1, 0.15) is 5.82 Å². The minimum Gasteiger partial charge on any atom is -0.359 e. The summed E-state index contributed by atoms with van der Waals surface area (Å²) in [4.78, 5) is 11.1. The summed E-state index contributed by atoms with van der Waals surface area (Å²) < 4.78 is 2.01. The minimum atomic E-state index is 0.0344. The Morgan fingerprint density at radius 3 is 2.76 bits per heavy atom. The van der Waals surface area contributed by atoms with E-state index >= 15 is 0 Å². The second-order valence-corrected chi connectivity index (χ2v) is 4.90. The van der Waals surface area contributed by atoms with Gasteiger partial charge in [0.25, 0.3) is 0 Å². The average molecular weight is 257 g/mol. The van der Waals surface area contributed by atoms with E-state index in [1.54, 1.807) is 7.05 Å². The van der Waals surface area contributed by atoms with Gasteiger partial charge in [-0.15, -0.1) is 10.2 Å². The molecule has 7 heteroatoms. The van der Waals surface area contributed by atoms with E-state index in [0.29, 0.717) is 18.7 Å². The molecular formula is C10H19N5OS. The van der Waals surface area contributed by atoms with Crippen molar-refractivity contribution in [1.29, 1.82) is 0 Å². The summed E-state index contributed by atoms with van der Waals surface area (Å²) in [7, 11) is 1.64. The van der Waals surface area contributed by atoms with Crippen molar-refractivity contribution < 1.29 is 4.79 Å². The quantitative estimate of drug-likeness (QED) is 0.727. The van der Waals surface area contributed by atoms with Gasteiger partial charge in [0, 0.05) is 25.3 Å². The van der Waals surface area contributed by atoms with Crippen LogP contribution in [0.25, 0.3) is 0 Å². The molecule has 6 nitrogen and oxygen atoms in total. The SMILES string of the molecule is CNC(=O)CCSc1nnc(CN)n1C(C)C. The molecule has 1 heterocycles. The van der Waals surface area contributed by atoms with Gasteiger partial charge in [0.05, 0.1) is 6.54 Å². The summed E-state index contributed by atoms with van der Waals surface area (Å²) in [6, 6.07) is 0.269. The van der Waals surface area contributed by atoms with Crippen LogP contribution < -0.4 is 11.1 Å². The number of nitrogens with two attached hydrogens (primary N) is 1. The highest BCUT2D eigenvalue weighted by Crippen LogP contribution is 2.21. The first-order valence-corrected chi connectivity index (χ1v) is 6.56. The number of thioether (sulfide) groups is 1. The first-order chi connectivity index (χ1) is 8.10. The zero-order valence-corrected chi connectivity index (χ0v) is 11.3. The Morgan fingerprint density at radius 1 is 1.53 bits per heavy atom.